The second-order valence-electron chi connectivity index (χ2n) is 9.12. The van der Waals surface area contributed by atoms with Crippen molar-refractivity contribution in [1.29, 1.82) is 0 Å². The first-order valence-corrected chi connectivity index (χ1v) is 13.9. The number of allylic oxidation sites excluding steroid dienone is 2. The lowest BCUT2D eigenvalue weighted by Gasteiger charge is -2.10. The van der Waals surface area contributed by atoms with Crippen LogP contribution in [0.2, 0.25) is 0 Å². The Morgan fingerprint density at radius 3 is 2.48 bits per heavy atom. The number of halogens is 3. The molecule has 0 aliphatic heterocycles. The molecule has 2 aromatic carbocycles. The zero-order valence-corrected chi connectivity index (χ0v) is 23.8. The average Bonchev–Trinajstić information content (AvgIpc) is 3.38. The van der Waals surface area contributed by atoms with Crippen LogP contribution in [0.4, 0.5) is 18.3 Å². The molecule has 0 aliphatic carbocycles. The Balaban J connectivity index is 1.35. The Bertz CT molecular complexity index is 1410. The number of hydrogen-bond acceptors (Lipinski definition) is 8. The highest BCUT2D eigenvalue weighted by Crippen LogP contribution is 2.21. The molecule has 0 saturated carbocycles. The summed E-state index contributed by atoms with van der Waals surface area (Å²) >= 11 is 1.35. The lowest BCUT2D eigenvalue weighted by atomic mass is 10.1. The highest BCUT2D eigenvalue weighted by Gasteiger charge is 2.28. The number of aromatic nitrogens is 2. The van der Waals surface area contributed by atoms with Crippen molar-refractivity contribution < 1.29 is 27.5 Å². The van der Waals surface area contributed by atoms with E-state index in [1.807, 2.05) is 43.3 Å². The molecule has 0 saturated heterocycles. The van der Waals surface area contributed by atoms with E-state index in [-0.39, 0.29) is 30.3 Å². The quantitative estimate of drug-likeness (QED) is 0.151. The van der Waals surface area contributed by atoms with Crippen LogP contribution in [0.15, 0.2) is 89.0 Å². The molecule has 0 bridgehead atoms. The Kier molecular flexibility index (Phi) is 12.4. The predicted molar refractivity (Wildman–Crippen MR) is 154 cm³/mol. The van der Waals surface area contributed by atoms with Gasteiger partial charge in [-0.25, -0.2) is 0 Å². The van der Waals surface area contributed by atoms with Gasteiger partial charge in [0, 0.05) is 6.42 Å². The number of carbonyl (C=O) groups excluding carboxylic acids is 2. The van der Waals surface area contributed by atoms with Gasteiger partial charge in [-0.1, -0.05) is 66.5 Å². The lowest BCUT2D eigenvalue weighted by Crippen LogP contribution is -2.23. The maximum absolute atomic E-state index is 12.4. The molecule has 3 rings (SSSR count). The summed E-state index contributed by atoms with van der Waals surface area (Å²) in [6.45, 7) is 4.11. The van der Waals surface area contributed by atoms with Gasteiger partial charge in [-0.3, -0.25) is 9.59 Å². The number of benzene rings is 2. The number of amides is 2. The van der Waals surface area contributed by atoms with Gasteiger partial charge in [-0.05, 0) is 49.4 Å². The summed E-state index contributed by atoms with van der Waals surface area (Å²) in [4.78, 5) is 24.5. The number of nitrogens with one attached hydrogen (secondary N) is 2. The van der Waals surface area contributed by atoms with E-state index in [0.29, 0.717) is 29.2 Å². The van der Waals surface area contributed by atoms with E-state index < -0.39 is 18.7 Å². The van der Waals surface area contributed by atoms with Crippen molar-refractivity contribution >= 4 is 28.3 Å². The molecule has 9 nitrogen and oxygen atoms in total. The topological polar surface area (TPSA) is 118 Å². The number of carbonyl (C=O) groups is 2. The van der Waals surface area contributed by atoms with Gasteiger partial charge >= 0.3 is 6.18 Å². The highest BCUT2D eigenvalue weighted by atomic mass is 32.1. The summed E-state index contributed by atoms with van der Waals surface area (Å²) in [7, 11) is 0. The molecule has 2 N–H and O–H groups in total. The number of nitrogens with zero attached hydrogens (tertiary/aromatic N) is 4. The maximum Gasteiger partial charge on any atom is 0.422 e. The summed E-state index contributed by atoms with van der Waals surface area (Å²) in [6.07, 6.45) is 0.506. The molecule has 222 valence electrons. The van der Waals surface area contributed by atoms with Gasteiger partial charge in [-0.2, -0.15) is 18.3 Å². The van der Waals surface area contributed by atoms with Crippen LogP contribution >= 0.6 is 11.3 Å². The molecule has 0 fully saturated rings. The standard InChI is InChI=1S/C29H31F3N6O3S/c1-3-23(13-7-8-15-27-37-38-28(42-27)34-26(40)17-21-10-5-4-6-11-21)36-35-20(2)33-25(39)18-22-12-9-14-24(16-22)41-19-29(30,31)32/h3-6,9-12,14,16H,2,7-8,13,15,17-19H2,1H3,(H,33,39)(H,34,38,40)/b23-3-,36-35-. The van der Waals surface area contributed by atoms with E-state index >= 15 is 0 Å². The minimum atomic E-state index is -4.45. The van der Waals surface area contributed by atoms with Crippen molar-refractivity contribution in [2.24, 2.45) is 10.2 Å². The third-order valence-electron chi connectivity index (χ3n) is 5.58. The van der Waals surface area contributed by atoms with Crippen LogP contribution in [0.3, 0.4) is 0 Å². The van der Waals surface area contributed by atoms with Crippen molar-refractivity contribution in [2.75, 3.05) is 11.9 Å². The number of unbranched alkanes of at least 4 members (excludes halogenated alkanes) is 1. The molecular formula is C29H31F3N6O3S. The minimum Gasteiger partial charge on any atom is -0.484 e. The van der Waals surface area contributed by atoms with E-state index in [9.17, 15) is 22.8 Å². The van der Waals surface area contributed by atoms with Gasteiger partial charge < -0.3 is 15.4 Å². The largest absolute Gasteiger partial charge is 0.484 e. The van der Waals surface area contributed by atoms with Crippen LogP contribution in [-0.2, 0) is 28.9 Å². The van der Waals surface area contributed by atoms with Crippen molar-refractivity contribution in [3.8, 4) is 5.75 Å². The molecule has 3 aromatic rings. The smallest absolute Gasteiger partial charge is 0.422 e. The first-order valence-electron chi connectivity index (χ1n) is 13.1. The van der Waals surface area contributed by atoms with Crippen molar-refractivity contribution in [1.82, 2.24) is 15.5 Å². The van der Waals surface area contributed by atoms with Crippen LogP contribution in [-0.4, -0.2) is 34.8 Å². The summed E-state index contributed by atoms with van der Waals surface area (Å²) in [6, 6.07) is 15.3. The van der Waals surface area contributed by atoms with Crippen LogP contribution in [0, 0.1) is 0 Å². The number of rotatable bonds is 15. The Hall–Kier alpha value is -4.39. The Morgan fingerprint density at radius 2 is 1.74 bits per heavy atom. The summed E-state index contributed by atoms with van der Waals surface area (Å²) in [5.74, 6) is -0.527. The third-order valence-corrected chi connectivity index (χ3v) is 6.47. The van der Waals surface area contributed by atoms with Crippen LogP contribution in [0.1, 0.15) is 42.3 Å². The molecule has 2 amide bonds. The third kappa shape index (κ3) is 12.4. The van der Waals surface area contributed by atoms with Crippen molar-refractivity contribution in [2.45, 2.75) is 51.6 Å². The first-order chi connectivity index (χ1) is 20.1. The predicted octanol–water partition coefficient (Wildman–Crippen LogP) is 6.56. The zero-order chi connectivity index (χ0) is 30.4. The van der Waals surface area contributed by atoms with Crippen molar-refractivity contribution in [3.63, 3.8) is 0 Å². The lowest BCUT2D eigenvalue weighted by molar-refractivity contribution is -0.153. The molecule has 0 aliphatic rings. The zero-order valence-electron chi connectivity index (χ0n) is 23.0. The number of ether oxygens (including phenoxy) is 1. The average molecular weight is 601 g/mol. The number of azo groups is 1. The van der Waals surface area contributed by atoms with Crippen LogP contribution in [0.25, 0.3) is 0 Å². The van der Waals surface area contributed by atoms with E-state index in [1.165, 1.54) is 29.5 Å². The molecule has 0 unspecified atom stereocenters. The minimum absolute atomic E-state index is 0.0195. The number of hydrogen-bond donors (Lipinski definition) is 2. The van der Waals surface area contributed by atoms with Gasteiger partial charge in [0.1, 0.15) is 16.6 Å². The second-order valence-corrected chi connectivity index (χ2v) is 10.2. The second kappa shape index (κ2) is 16.2. The Morgan fingerprint density at radius 1 is 1.00 bits per heavy atom. The fraction of sp³-hybridized carbons (Fsp3) is 0.310. The van der Waals surface area contributed by atoms with Gasteiger partial charge in [0.25, 0.3) is 0 Å². The van der Waals surface area contributed by atoms with E-state index in [1.54, 1.807) is 6.07 Å². The van der Waals surface area contributed by atoms with Crippen LogP contribution in [0.5, 0.6) is 5.75 Å². The molecule has 1 heterocycles. The molecule has 0 spiro atoms. The molecule has 0 radical (unpaired) electrons. The number of anilines is 1. The SMILES string of the molecule is C=C(/N=N\C(=C/C)CCCCc1nnc(NC(=O)Cc2ccccc2)s1)NC(=O)Cc1cccc(OCC(F)(F)F)c1. The van der Waals surface area contributed by atoms with E-state index in [0.717, 1.165) is 23.4 Å². The Labute approximate surface area is 245 Å². The normalized spacial score (nSPS) is 11.9. The number of alkyl halides is 3. The fourth-order valence-corrected chi connectivity index (χ4v) is 4.43. The van der Waals surface area contributed by atoms with Gasteiger partial charge in [0.15, 0.2) is 6.61 Å². The van der Waals surface area contributed by atoms with E-state index in [4.69, 9.17) is 4.74 Å². The monoisotopic (exact) mass is 600 g/mol. The molecule has 1 aromatic heterocycles. The molecule has 42 heavy (non-hydrogen) atoms. The summed E-state index contributed by atoms with van der Waals surface area (Å²) in [5, 5.41) is 22.9. The van der Waals surface area contributed by atoms with Crippen LogP contribution < -0.4 is 15.4 Å². The van der Waals surface area contributed by atoms with Crippen molar-refractivity contribution in [3.05, 3.63) is 94.9 Å². The van der Waals surface area contributed by atoms with Gasteiger partial charge in [0.2, 0.25) is 16.9 Å². The molecule has 13 heteroatoms. The first kappa shape index (κ1) is 32.1. The number of aryl methyl sites for hydroxylation is 1. The molecular weight excluding hydrogens is 569 g/mol. The van der Waals surface area contributed by atoms with Gasteiger partial charge in [-0.15, -0.1) is 15.3 Å². The maximum atomic E-state index is 12.4. The molecule has 0 atom stereocenters. The van der Waals surface area contributed by atoms with E-state index in [2.05, 4.69) is 37.6 Å². The van der Waals surface area contributed by atoms with Gasteiger partial charge in [0.05, 0.1) is 18.5 Å². The fourth-order valence-electron chi connectivity index (χ4n) is 3.63. The highest BCUT2D eigenvalue weighted by molar-refractivity contribution is 7.15. The summed E-state index contributed by atoms with van der Waals surface area (Å²) in [5.41, 5.74) is 2.11. The summed E-state index contributed by atoms with van der Waals surface area (Å²) < 4.78 is 41.8.